The summed E-state index contributed by atoms with van der Waals surface area (Å²) in [6.45, 7) is 13.6. The van der Waals surface area contributed by atoms with Gasteiger partial charge >= 0.3 is 0 Å². The first-order chi connectivity index (χ1) is 18.5. The maximum Gasteiger partial charge on any atom is 0.244 e. The molecule has 0 aliphatic heterocycles. The molecule has 1 heterocycles. The van der Waals surface area contributed by atoms with E-state index >= 15 is 0 Å². The normalized spacial score (nSPS) is 12.4. The Balaban J connectivity index is 2.54. The third kappa shape index (κ3) is 17.8. The number of carbonyl (C=O) groups excluding carboxylic acids is 3. The number of pyridine rings is 1. The Kier molecular flexibility index (Phi) is 18.0. The van der Waals surface area contributed by atoms with Crippen LogP contribution in [0, 0.1) is 0 Å². The van der Waals surface area contributed by atoms with Crippen LogP contribution in [0.2, 0.25) is 0 Å². The molecule has 6 N–H and O–H groups in total. The summed E-state index contributed by atoms with van der Waals surface area (Å²) in [4.78, 5) is 40.7. The maximum atomic E-state index is 13.1. The molecule has 220 valence electrons. The predicted molar refractivity (Wildman–Crippen MR) is 170 cm³/mol. The zero-order chi connectivity index (χ0) is 29.2. The van der Waals surface area contributed by atoms with Crippen molar-refractivity contribution in [1.29, 1.82) is 0 Å². The van der Waals surface area contributed by atoms with Crippen molar-refractivity contribution in [1.82, 2.24) is 26.3 Å². The molecule has 1 unspecified atom stereocenters. The largest absolute Gasteiger partial charge is 0.354 e. The summed E-state index contributed by atoms with van der Waals surface area (Å²) in [5.74, 6) is 1.80. The molecule has 0 saturated heterocycles. The van der Waals surface area contributed by atoms with Crippen LogP contribution in [0.25, 0.3) is 0 Å². The zero-order valence-corrected chi connectivity index (χ0v) is 26.7. The van der Waals surface area contributed by atoms with Gasteiger partial charge in [-0.25, -0.2) is 4.98 Å². The van der Waals surface area contributed by atoms with Gasteiger partial charge in [-0.2, -0.15) is 0 Å². The van der Waals surface area contributed by atoms with Gasteiger partial charge in [0.05, 0.1) is 25.9 Å². The number of rotatable bonds is 21. The Morgan fingerprint density at radius 3 is 2.38 bits per heavy atom. The van der Waals surface area contributed by atoms with Crippen molar-refractivity contribution < 1.29 is 14.4 Å². The van der Waals surface area contributed by atoms with Crippen molar-refractivity contribution in [2.45, 2.75) is 59.8 Å². The second-order valence-corrected chi connectivity index (χ2v) is 16.6. The number of amides is 3. The van der Waals surface area contributed by atoms with E-state index in [1.807, 2.05) is 30.0 Å². The number of nitrogens with one attached hydrogen (secondary N) is 4. The van der Waals surface area contributed by atoms with Crippen molar-refractivity contribution in [3.8, 4) is 0 Å². The fourth-order valence-electron chi connectivity index (χ4n) is 3.13. The Morgan fingerprint density at radius 1 is 1.00 bits per heavy atom. The van der Waals surface area contributed by atoms with Crippen LogP contribution >= 0.6 is 47.0 Å². The van der Waals surface area contributed by atoms with Crippen LogP contribution in [0.3, 0.4) is 0 Å². The van der Waals surface area contributed by atoms with Gasteiger partial charge < -0.3 is 27.0 Å². The monoisotopic (exact) mass is 616 g/mol. The lowest BCUT2D eigenvalue weighted by atomic mass is 10.2. The number of thioether (sulfide) groups is 4. The molecular formula is C26H44N6O3S4. The Hall–Kier alpha value is -1.38. The molecule has 1 atom stereocenters. The van der Waals surface area contributed by atoms with Crippen LogP contribution < -0.4 is 27.0 Å². The summed E-state index contributed by atoms with van der Waals surface area (Å²) in [6, 6.07) is 5.46. The predicted octanol–water partition coefficient (Wildman–Crippen LogP) is 3.03. The fraction of sp³-hybridized carbons (Fsp3) is 0.615. The molecule has 1 aromatic rings. The molecule has 1 aromatic heterocycles. The van der Waals surface area contributed by atoms with Crippen LogP contribution in [0.5, 0.6) is 0 Å². The van der Waals surface area contributed by atoms with E-state index in [2.05, 4.69) is 60.5 Å². The van der Waals surface area contributed by atoms with Gasteiger partial charge in [0.1, 0.15) is 0 Å². The number of hydrogen-bond acceptors (Lipinski definition) is 10. The van der Waals surface area contributed by atoms with Gasteiger partial charge in [-0.15, -0.1) is 35.3 Å². The highest BCUT2D eigenvalue weighted by atomic mass is 32.2. The van der Waals surface area contributed by atoms with Crippen molar-refractivity contribution in [2.24, 2.45) is 5.73 Å². The SMILES string of the molecule is C=CC(=O)NCNC(=O)CCNC(CCSC(C)(C)SCCN)C(=O)NCCSC(C)(C)Sc1ccccn1. The molecule has 3 amide bonds. The molecule has 39 heavy (non-hydrogen) atoms. The van der Waals surface area contributed by atoms with Gasteiger partial charge in [-0.3, -0.25) is 14.4 Å². The van der Waals surface area contributed by atoms with Crippen molar-refractivity contribution in [3.63, 3.8) is 0 Å². The van der Waals surface area contributed by atoms with Crippen LogP contribution in [0.4, 0.5) is 0 Å². The number of aromatic nitrogens is 1. The first kappa shape index (κ1) is 35.6. The summed E-state index contributed by atoms with van der Waals surface area (Å²) in [7, 11) is 0. The average Bonchev–Trinajstić information content (AvgIpc) is 2.89. The summed E-state index contributed by atoms with van der Waals surface area (Å²) >= 11 is 7.08. The quantitative estimate of drug-likeness (QED) is 0.0606. The van der Waals surface area contributed by atoms with Gasteiger partial charge in [-0.05, 0) is 58.1 Å². The molecule has 0 aromatic carbocycles. The van der Waals surface area contributed by atoms with E-state index in [0.29, 0.717) is 26.1 Å². The van der Waals surface area contributed by atoms with Crippen LogP contribution in [0.1, 0.15) is 40.5 Å². The summed E-state index contributed by atoms with van der Waals surface area (Å²) in [6.07, 6.45) is 3.75. The smallest absolute Gasteiger partial charge is 0.244 e. The molecule has 0 fully saturated rings. The minimum atomic E-state index is -0.415. The highest BCUT2D eigenvalue weighted by Crippen LogP contribution is 2.40. The molecule has 1 rings (SSSR count). The van der Waals surface area contributed by atoms with Gasteiger partial charge in [-0.1, -0.05) is 24.4 Å². The van der Waals surface area contributed by atoms with Gasteiger partial charge in [0.25, 0.3) is 0 Å². The maximum absolute atomic E-state index is 13.1. The van der Waals surface area contributed by atoms with Crippen LogP contribution in [0.15, 0.2) is 42.1 Å². The zero-order valence-electron chi connectivity index (χ0n) is 23.4. The van der Waals surface area contributed by atoms with Crippen LogP contribution in [-0.4, -0.2) is 80.5 Å². The summed E-state index contributed by atoms with van der Waals surface area (Å²) in [5.41, 5.74) is 5.65. The Bertz CT molecular complexity index is 890. The average molecular weight is 617 g/mol. The first-order valence-electron chi connectivity index (χ1n) is 12.9. The van der Waals surface area contributed by atoms with E-state index in [9.17, 15) is 14.4 Å². The molecule has 0 spiro atoms. The number of nitrogens with two attached hydrogens (primary N) is 1. The van der Waals surface area contributed by atoms with Crippen molar-refractivity contribution in [3.05, 3.63) is 37.1 Å². The van der Waals surface area contributed by atoms with Gasteiger partial charge in [0.15, 0.2) is 0 Å². The Labute approximate surface area is 250 Å². The van der Waals surface area contributed by atoms with E-state index in [1.165, 1.54) is 0 Å². The molecule has 0 bridgehead atoms. The van der Waals surface area contributed by atoms with Gasteiger partial charge in [0.2, 0.25) is 17.7 Å². The molecule has 0 saturated carbocycles. The van der Waals surface area contributed by atoms with Crippen molar-refractivity contribution >= 4 is 64.8 Å². The standard InChI is InChI=1S/C26H44N6O3S4/c1-6-21(33)31-19-32-22(34)10-14-28-20(11-16-36-25(2,3)37-17-12-27)24(35)30-15-18-38-26(4,5)39-23-9-7-8-13-29-23/h6-9,13,20,28H,1,10-12,14-19,27H2,2-5H3,(H,30,35)(H,31,33)(H,32,34). The van der Waals surface area contributed by atoms with E-state index in [-0.39, 0.29) is 39.0 Å². The van der Waals surface area contributed by atoms with Crippen molar-refractivity contribution in [2.75, 3.05) is 43.6 Å². The number of nitrogens with zero attached hydrogens (tertiary/aromatic N) is 1. The molecule has 13 heteroatoms. The first-order valence-corrected chi connectivity index (χ1v) is 16.7. The number of carbonyl (C=O) groups is 3. The highest BCUT2D eigenvalue weighted by molar-refractivity contribution is 8.18. The van der Waals surface area contributed by atoms with E-state index in [0.717, 1.165) is 28.4 Å². The summed E-state index contributed by atoms with van der Waals surface area (Å²) < 4.78 is -0.0810. The molecule has 0 aliphatic rings. The third-order valence-corrected chi connectivity index (χ3v) is 10.7. The van der Waals surface area contributed by atoms with E-state index in [1.54, 1.807) is 41.5 Å². The lowest BCUT2D eigenvalue weighted by Crippen LogP contribution is -2.46. The lowest BCUT2D eigenvalue weighted by molar-refractivity contribution is -0.124. The Morgan fingerprint density at radius 2 is 1.72 bits per heavy atom. The molecule has 9 nitrogen and oxygen atoms in total. The number of hydrogen-bond donors (Lipinski definition) is 5. The second kappa shape index (κ2) is 19.7. The lowest BCUT2D eigenvalue weighted by Gasteiger charge is -2.25. The third-order valence-electron chi connectivity index (χ3n) is 5.06. The highest BCUT2D eigenvalue weighted by Gasteiger charge is 2.23. The summed E-state index contributed by atoms with van der Waals surface area (Å²) in [5, 5.41) is 12.4. The van der Waals surface area contributed by atoms with E-state index in [4.69, 9.17) is 5.73 Å². The minimum absolute atomic E-state index is 0.00362. The molecule has 0 aliphatic carbocycles. The van der Waals surface area contributed by atoms with E-state index < -0.39 is 6.04 Å². The minimum Gasteiger partial charge on any atom is -0.354 e. The van der Waals surface area contributed by atoms with Crippen LogP contribution in [-0.2, 0) is 14.4 Å². The fourth-order valence-corrected chi connectivity index (χ4v) is 7.62. The topological polar surface area (TPSA) is 138 Å². The molecular weight excluding hydrogens is 573 g/mol. The second-order valence-electron chi connectivity index (χ2n) is 9.26. The van der Waals surface area contributed by atoms with Gasteiger partial charge in [0, 0.05) is 43.8 Å². The molecule has 0 radical (unpaired) electrons.